The highest BCUT2D eigenvalue weighted by atomic mass is 32.1. The lowest BCUT2D eigenvalue weighted by Gasteiger charge is -2.12. The van der Waals surface area contributed by atoms with E-state index in [2.05, 4.69) is 10.3 Å². The molecule has 8 heteroatoms. The molecule has 1 heterocycles. The highest BCUT2D eigenvalue weighted by Gasteiger charge is 2.19. The van der Waals surface area contributed by atoms with Crippen LogP contribution in [0, 0.1) is 23.0 Å². The van der Waals surface area contributed by atoms with Gasteiger partial charge in [-0.25, -0.2) is 13.8 Å². The van der Waals surface area contributed by atoms with Gasteiger partial charge in [0.25, 0.3) is 0 Å². The number of aromatic nitrogens is 1. The van der Waals surface area contributed by atoms with Crippen LogP contribution in [0.25, 0.3) is 10.6 Å². The van der Waals surface area contributed by atoms with Crippen LogP contribution in [0.2, 0.25) is 0 Å². The fraction of sp³-hybridized carbons (Fsp3) is 0.190. The average molecular weight is 413 g/mol. The second kappa shape index (κ2) is 9.26. The Morgan fingerprint density at radius 3 is 2.83 bits per heavy atom. The molecule has 1 atom stereocenters. The standard InChI is InChI=1S/C21H17F2N3O2S/c1-2-28-19-6-4-3-5-16(19)21-25-14(12-29-21)10-20(27)26-18(11-24)15-8-7-13(22)9-17(15)23/h3-9,12,18H,2,10H2,1H3,(H,26,27). The summed E-state index contributed by atoms with van der Waals surface area (Å²) in [6.07, 6.45) is -0.0751. The maximum absolute atomic E-state index is 13.9. The van der Waals surface area contributed by atoms with E-state index in [0.717, 1.165) is 17.7 Å². The summed E-state index contributed by atoms with van der Waals surface area (Å²) in [5.74, 6) is -1.43. The van der Waals surface area contributed by atoms with E-state index in [1.54, 1.807) is 5.38 Å². The molecule has 0 aliphatic rings. The molecule has 0 aliphatic heterocycles. The number of nitrogens with zero attached hydrogens (tertiary/aromatic N) is 2. The van der Waals surface area contributed by atoms with Gasteiger partial charge in [0.05, 0.1) is 30.4 Å². The lowest BCUT2D eigenvalue weighted by Crippen LogP contribution is -2.29. The first-order valence-corrected chi connectivity index (χ1v) is 9.70. The number of hydrogen-bond acceptors (Lipinski definition) is 5. The Labute approximate surface area is 170 Å². The number of benzene rings is 2. The monoisotopic (exact) mass is 413 g/mol. The van der Waals surface area contributed by atoms with Crippen molar-refractivity contribution >= 4 is 17.2 Å². The summed E-state index contributed by atoms with van der Waals surface area (Å²) in [5.41, 5.74) is 1.26. The van der Waals surface area contributed by atoms with Gasteiger partial charge in [0.2, 0.25) is 5.91 Å². The minimum atomic E-state index is -1.22. The van der Waals surface area contributed by atoms with Gasteiger partial charge < -0.3 is 10.1 Å². The lowest BCUT2D eigenvalue weighted by atomic mass is 10.1. The van der Waals surface area contributed by atoms with Crippen LogP contribution in [-0.4, -0.2) is 17.5 Å². The van der Waals surface area contributed by atoms with Crippen LogP contribution >= 0.6 is 11.3 Å². The fourth-order valence-corrected chi connectivity index (χ4v) is 3.58. The van der Waals surface area contributed by atoms with Crippen molar-refractivity contribution in [3.05, 3.63) is 70.7 Å². The largest absolute Gasteiger partial charge is 0.493 e. The molecule has 0 saturated carbocycles. The molecule has 0 bridgehead atoms. The van der Waals surface area contributed by atoms with Gasteiger partial charge in [0, 0.05) is 17.0 Å². The smallest absolute Gasteiger partial charge is 0.227 e. The summed E-state index contributed by atoms with van der Waals surface area (Å²) in [6.45, 7) is 2.41. The van der Waals surface area contributed by atoms with E-state index in [1.165, 1.54) is 11.3 Å². The number of ether oxygens (including phenoxy) is 1. The number of nitrogens with one attached hydrogen (secondary N) is 1. The number of rotatable bonds is 7. The molecule has 29 heavy (non-hydrogen) atoms. The van der Waals surface area contributed by atoms with Gasteiger partial charge in [-0.15, -0.1) is 11.3 Å². The van der Waals surface area contributed by atoms with Gasteiger partial charge in [-0.05, 0) is 25.1 Å². The van der Waals surface area contributed by atoms with E-state index in [4.69, 9.17) is 4.74 Å². The fourth-order valence-electron chi connectivity index (χ4n) is 2.73. The molecule has 2 aromatic carbocycles. The van der Waals surface area contributed by atoms with Crippen molar-refractivity contribution in [2.24, 2.45) is 0 Å². The van der Waals surface area contributed by atoms with Crippen LogP contribution in [0.4, 0.5) is 8.78 Å². The van der Waals surface area contributed by atoms with E-state index in [-0.39, 0.29) is 12.0 Å². The molecule has 1 unspecified atom stereocenters. The zero-order chi connectivity index (χ0) is 20.8. The summed E-state index contributed by atoms with van der Waals surface area (Å²) < 4.78 is 32.6. The first-order chi connectivity index (χ1) is 14.0. The number of para-hydroxylation sites is 1. The van der Waals surface area contributed by atoms with Gasteiger partial charge in [0.15, 0.2) is 0 Å². The van der Waals surface area contributed by atoms with Crippen LogP contribution in [0.15, 0.2) is 47.8 Å². The quantitative estimate of drug-likeness (QED) is 0.623. The number of carbonyl (C=O) groups is 1. The molecule has 0 radical (unpaired) electrons. The maximum atomic E-state index is 13.9. The van der Waals surface area contributed by atoms with Gasteiger partial charge in [-0.1, -0.05) is 18.2 Å². The molecule has 1 N–H and O–H groups in total. The SMILES string of the molecule is CCOc1ccccc1-c1nc(CC(=O)NC(C#N)c2ccc(F)cc2F)cs1. The summed E-state index contributed by atoms with van der Waals surface area (Å²) >= 11 is 1.37. The topological polar surface area (TPSA) is 75.0 Å². The molecule has 148 valence electrons. The Balaban J connectivity index is 1.71. The predicted molar refractivity (Wildman–Crippen MR) is 105 cm³/mol. The third-order valence-electron chi connectivity index (χ3n) is 4.02. The molecule has 3 rings (SSSR count). The molecule has 0 fully saturated rings. The van der Waals surface area contributed by atoms with Gasteiger partial charge in [0.1, 0.15) is 28.4 Å². The van der Waals surface area contributed by atoms with Gasteiger partial charge in [-0.2, -0.15) is 5.26 Å². The number of hydrogen-bond donors (Lipinski definition) is 1. The molecule has 0 aliphatic carbocycles. The summed E-state index contributed by atoms with van der Waals surface area (Å²) in [4.78, 5) is 16.8. The summed E-state index contributed by atoms with van der Waals surface area (Å²) in [5, 5.41) is 14.2. The number of nitriles is 1. The number of halogens is 2. The van der Waals surface area contributed by atoms with Crippen LogP contribution in [-0.2, 0) is 11.2 Å². The highest BCUT2D eigenvalue weighted by molar-refractivity contribution is 7.13. The Hall–Kier alpha value is -3.31. The number of carbonyl (C=O) groups excluding carboxylic acids is 1. The minimum absolute atomic E-state index is 0.0751. The van der Waals surface area contributed by atoms with E-state index < -0.39 is 23.6 Å². The van der Waals surface area contributed by atoms with Crippen molar-refractivity contribution in [3.8, 4) is 22.4 Å². The Morgan fingerprint density at radius 1 is 1.31 bits per heavy atom. The average Bonchev–Trinajstić information content (AvgIpc) is 3.15. The van der Waals surface area contributed by atoms with E-state index in [0.29, 0.717) is 29.1 Å². The summed E-state index contributed by atoms with van der Waals surface area (Å²) in [7, 11) is 0. The molecule has 3 aromatic rings. The maximum Gasteiger partial charge on any atom is 0.227 e. The van der Waals surface area contributed by atoms with E-state index in [1.807, 2.05) is 37.3 Å². The predicted octanol–water partition coefficient (Wildman–Crippen LogP) is 4.41. The number of thiazole rings is 1. The van der Waals surface area contributed by atoms with Crippen molar-refractivity contribution in [2.75, 3.05) is 6.61 Å². The van der Waals surface area contributed by atoms with E-state index >= 15 is 0 Å². The molecule has 1 aromatic heterocycles. The number of amides is 1. The third kappa shape index (κ3) is 4.95. The second-order valence-electron chi connectivity index (χ2n) is 6.05. The first kappa shape index (κ1) is 20.4. The first-order valence-electron chi connectivity index (χ1n) is 8.82. The lowest BCUT2D eigenvalue weighted by molar-refractivity contribution is -0.120. The van der Waals surface area contributed by atoms with Gasteiger partial charge >= 0.3 is 0 Å². The van der Waals surface area contributed by atoms with E-state index in [9.17, 15) is 18.8 Å². The van der Waals surface area contributed by atoms with Crippen molar-refractivity contribution in [2.45, 2.75) is 19.4 Å². The van der Waals surface area contributed by atoms with Crippen molar-refractivity contribution in [3.63, 3.8) is 0 Å². The van der Waals surface area contributed by atoms with Crippen molar-refractivity contribution < 1.29 is 18.3 Å². The molecule has 5 nitrogen and oxygen atoms in total. The molecular formula is C21H17F2N3O2S. The van der Waals surface area contributed by atoms with Crippen LogP contribution in [0.3, 0.4) is 0 Å². The van der Waals surface area contributed by atoms with Crippen molar-refractivity contribution in [1.82, 2.24) is 10.3 Å². The molecule has 0 spiro atoms. The van der Waals surface area contributed by atoms with Crippen LogP contribution < -0.4 is 10.1 Å². The normalized spacial score (nSPS) is 11.5. The second-order valence-corrected chi connectivity index (χ2v) is 6.90. The molecular weight excluding hydrogens is 396 g/mol. The Bertz CT molecular complexity index is 1060. The van der Waals surface area contributed by atoms with Gasteiger partial charge in [-0.3, -0.25) is 4.79 Å². The molecule has 1 amide bonds. The third-order valence-corrected chi connectivity index (χ3v) is 4.94. The van der Waals surface area contributed by atoms with Crippen molar-refractivity contribution in [1.29, 1.82) is 5.26 Å². The highest BCUT2D eigenvalue weighted by Crippen LogP contribution is 2.32. The Kier molecular flexibility index (Phi) is 6.52. The zero-order valence-corrected chi connectivity index (χ0v) is 16.3. The summed E-state index contributed by atoms with van der Waals surface area (Å²) in [6, 6.07) is 10.9. The van der Waals surface area contributed by atoms with Crippen LogP contribution in [0.1, 0.15) is 24.2 Å². The Morgan fingerprint density at radius 2 is 2.10 bits per heavy atom. The zero-order valence-electron chi connectivity index (χ0n) is 15.5. The minimum Gasteiger partial charge on any atom is -0.493 e. The van der Waals surface area contributed by atoms with Crippen LogP contribution in [0.5, 0.6) is 5.75 Å². The molecule has 0 saturated heterocycles.